The van der Waals surface area contributed by atoms with Crippen molar-refractivity contribution in [1.29, 1.82) is 0 Å². The van der Waals surface area contributed by atoms with Crippen LogP contribution in [0.25, 0.3) is 0 Å². The summed E-state index contributed by atoms with van der Waals surface area (Å²) in [6.45, 7) is 6.70. The maximum atomic E-state index is 3.42. The van der Waals surface area contributed by atoms with Crippen molar-refractivity contribution in [3.05, 3.63) is 0 Å². The average molecular weight is 259 g/mol. The van der Waals surface area contributed by atoms with Crippen molar-refractivity contribution in [2.45, 2.75) is 27.2 Å². The Kier molecular flexibility index (Phi) is 4.34. The van der Waals surface area contributed by atoms with Gasteiger partial charge in [-0.2, -0.15) is 0 Å². The molecular formula is C6H11BrMo. The molecule has 0 aromatic heterocycles. The zero-order valence-electron chi connectivity index (χ0n) is 5.49. The van der Waals surface area contributed by atoms with Crippen LogP contribution in [0.4, 0.5) is 0 Å². The van der Waals surface area contributed by atoms with E-state index in [2.05, 4.69) is 38.3 Å². The zero-order chi connectivity index (χ0) is 6.62. The third-order valence-corrected chi connectivity index (χ3v) is 2.63. The van der Waals surface area contributed by atoms with Crippen LogP contribution in [0.3, 0.4) is 0 Å². The van der Waals surface area contributed by atoms with Gasteiger partial charge in [0.05, 0.1) is 0 Å². The summed E-state index contributed by atoms with van der Waals surface area (Å²) in [7, 11) is 0. The topological polar surface area (TPSA) is 0 Å². The van der Waals surface area contributed by atoms with Gasteiger partial charge in [0.1, 0.15) is 0 Å². The van der Waals surface area contributed by atoms with Gasteiger partial charge < -0.3 is 0 Å². The molecule has 0 spiro atoms. The van der Waals surface area contributed by atoms with Crippen LogP contribution in [0.15, 0.2) is 0 Å². The van der Waals surface area contributed by atoms with Crippen LogP contribution in [0, 0.1) is 9.62 Å². The van der Waals surface area contributed by atoms with E-state index in [1.165, 1.54) is 0 Å². The third kappa shape index (κ3) is 6.95. The van der Waals surface area contributed by atoms with Gasteiger partial charge in [-0.15, -0.1) is 0 Å². The summed E-state index contributed by atoms with van der Waals surface area (Å²) in [6.07, 6.45) is 1.13. The summed E-state index contributed by atoms with van der Waals surface area (Å²) in [6, 6.07) is 0. The SMILES string of the molecule is CC(C)(C)C[C]#[Mo][Br]. The number of hydrogen-bond acceptors (Lipinski definition) is 0. The fourth-order valence-electron chi connectivity index (χ4n) is 0.244. The Labute approximate surface area is 65.8 Å². The first-order valence-electron chi connectivity index (χ1n) is 2.57. The molecule has 0 radical (unpaired) electrons. The summed E-state index contributed by atoms with van der Waals surface area (Å²) in [5, 5.41) is 0. The van der Waals surface area contributed by atoms with Gasteiger partial charge in [0.25, 0.3) is 0 Å². The molecule has 0 unspecified atom stereocenters. The van der Waals surface area contributed by atoms with Crippen LogP contribution < -0.4 is 0 Å². The van der Waals surface area contributed by atoms with Gasteiger partial charge in [-0.25, -0.2) is 0 Å². The summed E-state index contributed by atoms with van der Waals surface area (Å²) in [4.78, 5) is 0. The molecule has 0 atom stereocenters. The van der Waals surface area contributed by atoms with Crippen molar-refractivity contribution < 1.29 is 15.8 Å². The van der Waals surface area contributed by atoms with Gasteiger partial charge in [-0.3, -0.25) is 0 Å². The first-order chi connectivity index (χ1) is 3.56. The van der Waals surface area contributed by atoms with Gasteiger partial charge in [0.15, 0.2) is 0 Å². The zero-order valence-corrected chi connectivity index (χ0v) is 9.09. The first-order valence-corrected chi connectivity index (χ1v) is 8.16. The Bertz CT molecular complexity index is 113. The third-order valence-electron chi connectivity index (χ3n) is 0.657. The predicted octanol–water partition coefficient (Wildman–Crippen LogP) is 2.77. The average Bonchev–Trinajstić information content (AvgIpc) is 1.59. The first kappa shape index (κ1) is 8.95. The molecule has 0 saturated carbocycles. The molecule has 0 fully saturated rings. The Hall–Kier alpha value is 0.948. The van der Waals surface area contributed by atoms with Crippen LogP contribution in [-0.2, 0) is 15.8 Å². The van der Waals surface area contributed by atoms with Gasteiger partial charge >= 0.3 is 66.0 Å². The minimum atomic E-state index is -0.0396. The Morgan fingerprint density at radius 3 is 2.12 bits per heavy atom. The van der Waals surface area contributed by atoms with Crippen molar-refractivity contribution in [2.75, 3.05) is 0 Å². The Balaban J connectivity index is 3.50. The maximum absolute atomic E-state index is 3.42. The van der Waals surface area contributed by atoms with Crippen LogP contribution in [0.5, 0.6) is 0 Å². The molecule has 0 heterocycles. The second kappa shape index (κ2) is 3.88. The van der Waals surface area contributed by atoms with Crippen molar-refractivity contribution in [3.63, 3.8) is 0 Å². The van der Waals surface area contributed by atoms with E-state index < -0.39 is 0 Å². The van der Waals surface area contributed by atoms with Gasteiger partial charge in [0.2, 0.25) is 0 Å². The van der Waals surface area contributed by atoms with Gasteiger partial charge in [-0.05, 0) is 0 Å². The molecule has 48 valence electrons. The molecule has 0 amide bonds. The van der Waals surface area contributed by atoms with E-state index in [9.17, 15) is 0 Å². The second-order valence-electron chi connectivity index (χ2n) is 2.96. The Morgan fingerprint density at radius 1 is 1.50 bits per heavy atom. The van der Waals surface area contributed by atoms with Crippen LogP contribution in [-0.4, -0.2) is 0 Å². The van der Waals surface area contributed by atoms with E-state index >= 15 is 0 Å². The predicted molar refractivity (Wildman–Crippen MR) is 36.9 cm³/mol. The van der Waals surface area contributed by atoms with Crippen LogP contribution in [0.1, 0.15) is 27.2 Å². The molecule has 0 nitrogen and oxygen atoms in total. The van der Waals surface area contributed by atoms with E-state index in [1.54, 1.807) is 0 Å². The van der Waals surface area contributed by atoms with Crippen molar-refractivity contribution in [1.82, 2.24) is 0 Å². The summed E-state index contributed by atoms with van der Waals surface area (Å²) in [5.41, 5.74) is 0.443. The standard InChI is InChI=1S/C6H11.BrH.Mo/c1-5-6(2,3)4;;/h5H2,2-4H3;1H;/q;;+1/p-1. The molecule has 0 rings (SSSR count). The van der Waals surface area contributed by atoms with Gasteiger partial charge in [0, 0.05) is 0 Å². The molecular weight excluding hydrogens is 248 g/mol. The van der Waals surface area contributed by atoms with Gasteiger partial charge in [-0.1, -0.05) is 0 Å². The van der Waals surface area contributed by atoms with E-state index in [1.807, 2.05) is 0 Å². The number of hydrogen-bond donors (Lipinski definition) is 0. The molecule has 0 aliphatic carbocycles. The summed E-state index contributed by atoms with van der Waals surface area (Å²) < 4.78 is 3.33. The Morgan fingerprint density at radius 2 is 2.00 bits per heavy atom. The molecule has 0 aromatic carbocycles. The summed E-state index contributed by atoms with van der Waals surface area (Å²) in [5.74, 6) is 0. The molecule has 0 saturated heterocycles. The van der Waals surface area contributed by atoms with Crippen LogP contribution in [0.2, 0.25) is 0 Å². The molecule has 0 aliphatic rings. The monoisotopic (exact) mass is 260 g/mol. The minimum absolute atomic E-state index is 0.0396. The van der Waals surface area contributed by atoms with Crippen LogP contribution >= 0.6 is 13.3 Å². The number of halogens is 1. The molecule has 0 aromatic rings. The second-order valence-corrected chi connectivity index (χ2v) is 5.96. The summed E-state index contributed by atoms with van der Waals surface area (Å²) >= 11 is 3.38. The number of rotatable bonds is 0. The molecule has 0 aliphatic heterocycles. The van der Waals surface area contributed by atoms with Crippen molar-refractivity contribution in [3.8, 4) is 4.20 Å². The molecule has 0 N–H and O–H groups in total. The normalized spacial score (nSPS) is 10.5. The van der Waals surface area contributed by atoms with Crippen molar-refractivity contribution in [2.24, 2.45) is 5.41 Å². The van der Waals surface area contributed by atoms with E-state index in [4.69, 9.17) is 0 Å². The van der Waals surface area contributed by atoms with E-state index in [-0.39, 0.29) is 15.8 Å². The van der Waals surface area contributed by atoms with Crippen molar-refractivity contribution >= 4 is 13.3 Å². The molecule has 2 heteroatoms. The van der Waals surface area contributed by atoms with E-state index in [0.717, 1.165) is 6.42 Å². The fourth-order valence-corrected chi connectivity index (χ4v) is 2.12. The van der Waals surface area contributed by atoms with E-state index in [0.29, 0.717) is 5.41 Å². The quantitative estimate of drug-likeness (QED) is 0.587. The fraction of sp³-hybridized carbons (Fsp3) is 0.833. The molecule has 0 bridgehead atoms. The molecule has 8 heavy (non-hydrogen) atoms.